The lowest BCUT2D eigenvalue weighted by molar-refractivity contribution is -0.138. The van der Waals surface area contributed by atoms with Crippen LogP contribution in [0.2, 0.25) is 0 Å². The molecule has 0 atom stereocenters. The van der Waals surface area contributed by atoms with Crippen molar-refractivity contribution in [1.29, 1.82) is 0 Å². The van der Waals surface area contributed by atoms with E-state index >= 15 is 0 Å². The monoisotopic (exact) mass is 158 g/mol. The number of ether oxygens (including phenoxy) is 1. The van der Waals surface area contributed by atoms with Gasteiger partial charge in [0.1, 0.15) is 6.61 Å². The van der Waals surface area contributed by atoms with Crippen LogP contribution in [-0.2, 0) is 9.53 Å². The summed E-state index contributed by atoms with van der Waals surface area (Å²) in [7, 11) is 0. The van der Waals surface area contributed by atoms with E-state index in [4.69, 9.17) is 10.2 Å². The Morgan fingerprint density at radius 1 is 1.64 bits per heavy atom. The van der Waals surface area contributed by atoms with Crippen LogP contribution < -0.4 is 0 Å². The van der Waals surface area contributed by atoms with Crippen molar-refractivity contribution in [3.63, 3.8) is 0 Å². The maximum Gasteiger partial charge on any atom is 0.339 e. The number of hydrogen-bond acceptors (Lipinski definition) is 4. The number of carbonyl (C=O) groups excluding carboxylic acids is 1. The Balaban J connectivity index is 3.90. The zero-order chi connectivity index (χ0) is 8.69. The molecule has 11 heavy (non-hydrogen) atoms. The molecule has 0 saturated carbocycles. The predicted molar refractivity (Wildman–Crippen MR) is 39.0 cm³/mol. The van der Waals surface area contributed by atoms with Gasteiger partial charge >= 0.3 is 5.97 Å². The van der Waals surface area contributed by atoms with Gasteiger partial charge in [-0.3, -0.25) is 0 Å². The van der Waals surface area contributed by atoms with Gasteiger partial charge in [0.05, 0.1) is 18.4 Å². The summed E-state index contributed by atoms with van der Waals surface area (Å²) in [6, 6.07) is 0. The molecule has 0 aromatic rings. The Hall–Kier alpha value is -1.29. The van der Waals surface area contributed by atoms with Crippen LogP contribution in [0, 0.1) is 0 Å². The summed E-state index contributed by atoms with van der Waals surface area (Å²) < 4.78 is 4.49. The molecule has 2 N–H and O–H groups in total. The minimum absolute atomic E-state index is 0.0656. The van der Waals surface area contributed by atoms with E-state index < -0.39 is 12.6 Å². The maximum atomic E-state index is 10.7. The highest BCUT2D eigenvalue weighted by Gasteiger charge is 2.08. The zero-order valence-electron chi connectivity index (χ0n) is 5.99. The second kappa shape index (κ2) is 5.49. The van der Waals surface area contributed by atoms with Crippen molar-refractivity contribution in [3.05, 3.63) is 24.5 Å². The first-order chi connectivity index (χ1) is 5.26. The van der Waals surface area contributed by atoms with Crippen LogP contribution in [0.3, 0.4) is 0 Å². The van der Waals surface area contributed by atoms with E-state index in [0.29, 0.717) is 6.26 Å². The van der Waals surface area contributed by atoms with Crippen molar-refractivity contribution in [3.8, 4) is 0 Å². The molecule has 0 aromatic heterocycles. The third-order valence-electron chi connectivity index (χ3n) is 0.921. The Morgan fingerprint density at radius 3 is 2.64 bits per heavy atom. The second-order valence-corrected chi connectivity index (χ2v) is 1.70. The molecule has 62 valence electrons. The summed E-state index contributed by atoms with van der Waals surface area (Å²) in [5.41, 5.74) is -0.174. The molecule has 0 aliphatic carbocycles. The molecule has 0 fully saturated rings. The third kappa shape index (κ3) is 3.42. The molecule has 0 rings (SSSR count). The topological polar surface area (TPSA) is 66.8 Å². The molecule has 0 amide bonds. The molecule has 0 aliphatic rings. The quantitative estimate of drug-likeness (QED) is 0.264. The summed E-state index contributed by atoms with van der Waals surface area (Å²) >= 11 is 0. The first-order valence-corrected chi connectivity index (χ1v) is 2.98. The zero-order valence-corrected chi connectivity index (χ0v) is 5.99. The summed E-state index contributed by atoms with van der Waals surface area (Å²) in [5, 5.41) is 16.8. The van der Waals surface area contributed by atoms with Crippen molar-refractivity contribution in [1.82, 2.24) is 0 Å². The summed E-state index contributed by atoms with van der Waals surface area (Å²) in [6.45, 7) is 2.85. The molecular weight excluding hydrogens is 148 g/mol. The van der Waals surface area contributed by atoms with E-state index in [1.807, 2.05) is 0 Å². The van der Waals surface area contributed by atoms with Gasteiger partial charge < -0.3 is 14.9 Å². The van der Waals surface area contributed by atoms with Crippen LogP contribution in [0.5, 0.6) is 0 Å². The van der Waals surface area contributed by atoms with Crippen LogP contribution in [0.1, 0.15) is 0 Å². The van der Waals surface area contributed by atoms with E-state index in [1.165, 1.54) is 6.08 Å². The normalized spacial score (nSPS) is 10.8. The molecule has 4 nitrogen and oxygen atoms in total. The Bertz CT molecular complexity index is 171. The molecule has 0 saturated heterocycles. The molecule has 0 unspecified atom stereocenters. The number of aliphatic hydroxyl groups excluding tert-OH is 2. The summed E-state index contributed by atoms with van der Waals surface area (Å²) in [5.74, 6) is -0.741. The predicted octanol–water partition coefficient (Wildman–Crippen LogP) is 0.150. The fraction of sp³-hybridized carbons (Fsp3) is 0.286. The highest BCUT2D eigenvalue weighted by molar-refractivity contribution is 5.88. The Kier molecular flexibility index (Phi) is 4.85. The lowest BCUT2D eigenvalue weighted by atomic mass is 10.3. The van der Waals surface area contributed by atoms with Gasteiger partial charge in [0, 0.05) is 0 Å². The van der Waals surface area contributed by atoms with Crippen LogP contribution >= 0.6 is 0 Å². The summed E-state index contributed by atoms with van der Waals surface area (Å²) in [6.07, 6.45) is 1.91. The number of aliphatic hydroxyl groups is 2. The minimum atomic E-state index is -0.741. The van der Waals surface area contributed by atoms with Gasteiger partial charge in [-0.2, -0.15) is 0 Å². The molecule has 0 aromatic carbocycles. The third-order valence-corrected chi connectivity index (χ3v) is 0.921. The van der Waals surface area contributed by atoms with E-state index in [0.717, 1.165) is 0 Å². The molecule has 0 aliphatic heterocycles. The van der Waals surface area contributed by atoms with Gasteiger partial charge in [0.15, 0.2) is 0 Å². The van der Waals surface area contributed by atoms with Crippen LogP contribution in [0.15, 0.2) is 24.5 Å². The van der Waals surface area contributed by atoms with Crippen LogP contribution in [0.25, 0.3) is 0 Å². The average Bonchev–Trinajstić information content (AvgIpc) is 2.03. The number of rotatable bonds is 4. The van der Waals surface area contributed by atoms with Crippen molar-refractivity contribution >= 4 is 5.97 Å². The summed E-state index contributed by atoms with van der Waals surface area (Å²) in [4.78, 5) is 10.7. The van der Waals surface area contributed by atoms with Gasteiger partial charge in [-0.15, -0.1) is 0 Å². The van der Waals surface area contributed by atoms with Crippen LogP contribution in [-0.4, -0.2) is 29.4 Å². The SMILES string of the molecule is C=CCOC(=O)/C(=C/O)CO. The van der Waals surface area contributed by atoms with Gasteiger partial charge in [0.25, 0.3) is 0 Å². The van der Waals surface area contributed by atoms with E-state index in [-0.39, 0.29) is 12.2 Å². The highest BCUT2D eigenvalue weighted by Crippen LogP contribution is 1.94. The average molecular weight is 158 g/mol. The van der Waals surface area contributed by atoms with Gasteiger partial charge in [-0.25, -0.2) is 4.79 Å². The van der Waals surface area contributed by atoms with Crippen molar-refractivity contribution in [2.45, 2.75) is 0 Å². The fourth-order valence-electron chi connectivity index (χ4n) is 0.385. The van der Waals surface area contributed by atoms with Crippen molar-refractivity contribution in [2.75, 3.05) is 13.2 Å². The van der Waals surface area contributed by atoms with E-state index in [1.54, 1.807) is 0 Å². The fourth-order valence-corrected chi connectivity index (χ4v) is 0.385. The molecular formula is C7H10O4. The first-order valence-electron chi connectivity index (χ1n) is 2.98. The maximum absolute atomic E-state index is 10.7. The Morgan fingerprint density at radius 2 is 2.27 bits per heavy atom. The van der Waals surface area contributed by atoms with E-state index in [2.05, 4.69) is 11.3 Å². The molecule has 0 radical (unpaired) electrons. The van der Waals surface area contributed by atoms with Gasteiger partial charge in [-0.05, 0) is 0 Å². The van der Waals surface area contributed by atoms with Crippen molar-refractivity contribution < 1.29 is 19.7 Å². The largest absolute Gasteiger partial charge is 0.515 e. The van der Waals surface area contributed by atoms with E-state index in [9.17, 15) is 4.79 Å². The smallest absolute Gasteiger partial charge is 0.339 e. The molecule has 0 spiro atoms. The van der Waals surface area contributed by atoms with Gasteiger partial charge in [-0.1, -0.05) is 12.7 Å². The number of esters is 1. The number of hydrogen-bond donors (Lipinski definition) is 2. The Labute approximate surface area is 64.4 Å². The first kappa shape index (κ1) is 9.71. The lowest BCUT2D eigenvalue weighted by Gasteiger charge is -2.00. The van der Waals surface area contributed by atoms with Crippen LogP contribution in [0.4, 0.5) is 0 Å². The van der Waals surface area contributed by atoms with Gasteiger partial charge in [0.2, 0.25) is 0 Å². The standard InChI is InChI=1S/C7H10O4/c1-2-3-11-7(10)6(4-8)5-9/h2,4,8-9H,1,3,5H2/b6-4+. The minimum Gasteiger partial charge on any atom is -0.515 e. The lowest BCUT2D eigenvalue weighted by Crippen LogP contribution is -2.10. The molecule has 4 heteroatoms. The highest BCUT2D eigenvalue weighted by atomic mass is 16.5. The molecule has 0 bridgehead atoms. The number of carbonyl (C=O) groups is 1. The second-order valence-electron chi connectivity index (χ2n) is 1.70. The molecule has 0 heterocycles. The van der Waals surface area contributed by atoms with Crippen molar-refractivity contribution in [2.24, 2.45) is 0 Å².